The van der Waals surface area contributed by atoms with Crippen LogP contribution in [0.5, 0.6) is 0 Å². The molecule has 2 aromatic rings. The molecule has 0 atom stereocenters. The van der Waals surface area contributed by atoms with Crippen LogP contribution in [0.3, 0.4) is 0 Å². The van der Waals surface area contributed by atoms with Crippen LogP contribution >= 0.6 is 0 Å². The third-order valence-corrected chi connectivity index (χ3v) is 3.81. The maximum absolute atomic E-state index is 14.1. The van der Waals surface area contributed by atoms with E-state index in [1.807, 2.05) is 0 Å². The predicted molar refractivity (Wildman–Crippen MR) is 74.2 cm³/mol. The Balaban J connectivity index is 2.09. The van der Waals surface area contributed by atoms with Gasteiger partial charge in [-0.25, -0.2) is 4.39 Å². The molecule has 0 unspecified atom stereocenters. The second-order valence-corrected chi connectivity index (χ2v) is 5.57. The van der Waals surface area contributed by atoms with E-state index in [9.17, 15) is 14.5 Å². The molecule has 0 saturated heterocycles. The fraction of sp³-hybridized carbons (Fsp3) is 0.357. The van der Waals surface area contributed by atoms with E-state index in [2.05, 4.69) is 17.2 Å². The van der Waals surface area contributed by atoms with Crippen LogP contribution in [0.15, 0.2) is 24.4 Å². The number of benzene rings is 1. The Bertz CT molecular complexity index is 698. The van der Waals surface area contributed by atoms with E-state index in [1.165, 1.54) is 6.20 Å². The van der Waals surface area contributed by atoms with Gasteiger partial charge in [-0.1, -0.05) is 6.92 Å². The number of hydrogen-bond acceptors (Lipinski definition) is 4. The minimum atomic E-state index is -0.632. The van der Waals surface area contributed by atoms with Gasteiger partial charge in [0.15, 0.2) is 5.82 Å². The molecule has 0 radical (unpaired) electrons. The van der Waals surface area contributed by atoms with E-state index in [4.69, 9.17) is 0 Å². The summed E-state index contributed by atoms with van der Waals surface area (Å²) in [6.07, 6.45) is 3.73. The van der Waals surface area contributed by atoms with Crippen molar-refractivity contribution in [1.82, 2.24) is 4.98 Å². The number of aromatic nitrogens is 1. The highest BCUT2D eigenvalue weighted by atomic mass is 19.1. The third-order valence-electron chi connectivity index (χ3n) is 3.81. The molecule has 1 aromatic heterocycles. The number of fused-ring (bicyclic) bond motifs is 1. The second kappa shape index (κ2) is 4.40. The monoisotopic (exact) mass is 275 g/mol. The molecule has 1 aromatic carbocycles. The van der Waals surface area contributed by atoms with Crippen LogP contribution < -0.4 is 5.32 Å². The number of non-ortho nitro benzene ring substituents is 1. The van der Waals surface area contributed by atoms with Crippen molar-refractivity contribution in [3.05, 3.63) is 40.3 Å². The first-order valence-corrected chi connectivity index (χ1v) is 6.46. The van der Waals surface area contributed by atoms with Crippen molar-refractivity contribution in [3.63, 3.8) is 0 Å². The number of rotatable bonds is 4. The number of nitrogens with one attached hydrogen (secondary N) is 1. The first-order valence-electron chi connectivity index (χ1n) is 6.46. The summed E-state index contributed by atoms with van der Waals surface area (Å²) in [6.45, 7) is 2.77. The van der Waals surface area contributed by atoms with E-state index in [0.29, 0.717) is 17.4 Å². The molecule has 1 fully saturated rings. The normalized spacial score (nSPS) is 16.1. The first-order chi connectivity index (χ1) is 9.50. The van der Waals surface area contributed by atoms with Gasteiger partial charge in [-0.15, -0.1) is 0 Å². The number of nitro benzene ring substituents is 1. The van der Waals surface area contributed by atoms with Gasteiger partial charge in [0.25, 0.3) is 5.69 Å². The van der Waals surface area contributed by atoms with E-state index >= 15 is 0 Å². The molecule has 0 spiro atoms. The van der Waals surface area contributed by atoms with Gasteiger partial charge < -0.3 is 5.32 Å². The van der Waals surface area contributed by atoms with Gasteiger partial charge in [0.1, 0.15) is 5.52 Å². The summed E-state index contributed by atoms with van der Waals surface area (Å²) < 4.78 is 14.1. The Labute approximate surface area is 115 Å². The molecule has 104 valence electrons. The van der Waals surface area contributed by atoms with Gasteiger partial charge in [0, 0.05) is 12.7 Å². The average Bonchev–Trinajstić information content (AvgIpc) is 3.15. The quantitative estimate of drug-likeness (QED) is 0.685. The smallest absolute Gasteiger partial charge is 0.281 e. The molecule has 1 saturated carbocycles. The van der Waals surface area contributed by atoms with Gasteiger partial charge in [0.05, 0.1) is 22.1 Å². The SMILES string of the molecule is CC1(CNc2c(F)cc([N+](=O)[O-])c3cccnc23)CC1. The van der Waals surface area contributed by atoms with Crippen LogP contribution in [0.2, 0.25) is 0 Å². The standard InChI is InChI=1S/C14H14FN3O2/c1-14(4-5-14)8-17-13-10(15)7-11(18(19)20)9-3-2-6-16-12(9)13/h2-3,6-7,17H,4-5,8H2,1H3. The van der Waals surface area contributed by atoms with Crippen molar-refractivity contribution in [3.8, 4) is 0 Å². The molecular weight excluding hydrogens is 261 g/mol. The van der Waals surface area contributed by atoms with Crippen LogP contribution in [0.25, 0.3) is 10.9 Å². The Hall–Kier alpha value is -2.24. The summed E-state index contributed by atoms with van der Waals surface area (Å²) in [6, 6.07) is 4.16. The van der Waals surface area contributed by atoms with Crippen molar-refractivity contribution in [2.24, 2.45) is 5.41 Å². The number of nitro groups is 1. The Morgan fingerprint density at radius 2 is 2.30 bits per heavy atom. The summed E-state index contributed by atoms with van der Waals surface area (Å²) in [5, 5.41) is 14.4. The van der Waals surface area contributed by atoms with Crippen molar-refractivity contribution in [1.29, 1.82) is 0 Å². The molecule has 5 nitrogen and oxygen atoms in total. The molecule has 3 rings (SSSR count). The van der Waals surface area contributed by atoms with Crippen LogP contribution in [0.1, 0.15) is 19.8 Å². The largest absolute Gasteiger partial charge is 0.380 e. The van der Waals surface area contributed by atoms with E-state index in [0.717, 1.165) is 18.9 Å². The van der Waals surface area contributed by atoms with E-state index in [1.54, 1.807) is 12.1 Å². The molecule has 1 aliphatic carbocycles. The molecular formula is C14H14FN3O2. The highest BCUT2D eigenvalue weighted by molar-refractivity contribution is 5.97. The van der Waals surface area contributed by atoms with Gasteiger partial charge in [-0.3, -0.25) is 15.1 Å². The minimum Gasteiger partial charge on any atom is -0.380 e. The number of pyridine rings is 1. The van der Waals surface area contributed by atoms with Gasteiger partial charge in [-0.2, -0.15) is 0 Å². The number of nitrogens with zero attached hydrogens (tertiary/aromatic N) is 2. The molecule has 6 heteroatoms. The van der Waals surface area contributed by atoms with Crippen molar-refractivity contribution < 1.29 is 9.31 Å². The zero-order valence-electron chi connectivity index (χ0n) is 11.0. The number of anilines is 1. The third kappa shape index (κ3) is 2.17. The molecule has 20 heavy (non-hydrogen) atoms. The summed E-state index contributed by atoms with van der Waals surface area (Å²) >= 11 is 0. The van der Waals surface area contributed by atoms with Crippen LogP contribution in [0.4, 0.5) is 15.8 Å². The van der Waals surface area contributed by atoms with Crippen molar-refractivity contribution in [2.45, 2.75) is 19.8 Å². The highest BCUT2D eigenvalue weighted by Gasteiger charge is 2.37. The fourth-order valence-corrected chi connectivity index (χ4v) is 2.21. The zero-order chi connectivity index (χ0) is 14.3. The van der Waals surface area contributed by atoms with Crippen LogP contribution in [-0.2, 0) is 0 Å². The molecule has 1 heterocycles. The summed E-state index contributed by atoms with van der Waals surface area (Å²) in [7, 11) is 0. The summed E-state index contributed by atoms with van der Waals surface area (Å²) in [5.41, 5.74) is 0.506. The van der Waals surface area contributed by atoms with Crippen molar-refractivity contribution >= 4 is 22.3 Å². The molecule has 1 N–H and O–H groups in total. The Kier molecular flexibility index (Phi) is 2.81. The lowest BCUT2D eigenvalue weighted by atomic mass is 10.1. The van der Waals surface area contributed by atoms with Gasteiger partial charge in [-0.05, 0) is 30.4 Å². The maximum Gasteiger partial charge on any atom is 0.281 e. The predicted octanol–water partition coefficient (Wildman–Crippen LogP) is 3.49. The lowest BCUT2D eigenvalue weighted by Crippen LogP contribution is -2.13. The fourth-order valence-electron chi connectivity index (χ4n) is 2.21. The maximum atomic E-state index is 14.1. The molecule has 0 bridgehead atoms. The van der Waals surface area contributed by atoms with Gasteiger partial charge >= 0.3 is 0 Å². The van der Waals surface area contributed by atoms with Gasteiger partial charge in [0.2, 0.25) is 0 Å². The molecule has 0 aliphatic heterocycles. The number of hydrogen-bond donors (Lipinski definition) is 1. The summed E-state index contributed by atoms with van der Waals surface area (Å²) in [5.74, 6) is -0.632. The Morgan fingerprint density at radius 3 is 2.95 bits per heavy atom. The minimum absolute atomic E-state index is 0.204. The number of halogens is 1. The van der Waals surface area contributed by atoms with Crippen LogP contribution in [-0.4, -0.2) is 16.5 Å². The molecule has 1 aliphatic rings. The van der Waals surface area contributed by atoms with E-state index < -0.39 is 10.7 Å². The van der Waals surface area contributed by atoms with Crippen molar-refractivity contribution in [2.75, 3.05) is 11.9 Å². The zero-order valence-corrected chi connectivity index (χ0v) is 11.0. The van der Waals surface area contributed by atoms with E-state index in [-0.39, 0.29) is 16.8 Å². The lowest BCUT2D eigenvalue weighted by Gasteiger charge is -2.14. The van der Waals surface area contributed by atoms with Crippen LogP contribution in [0, 0.1) is 21.3 Å². The average molecular weight is 275 g/mol. The lowest BCUT2D eigenvalue weighted by molar-refractivity contribution is -0.383. The molecule has 0 amide bonds. The Morgan fingerprint density at radius 1 is 1.55 bits per heavy atom. The topological polar surface area (TPSA) is 68.1 Å². The first kappa shape index (κ1) is 12.8. The highest BCUT2D eigenvalue weighted by Crippen LogP contribution is 2.45. The summed E-state index contributed by atoms with van der Waals surface area (Å²) in [4.78, 5) is 14.5. The second-order valence-electron chi connectivity index (χ2n) is 5.57.